The van der Waals surface area contributed by atoms with E-state index in [2.05, 4.69) is 22.9 Å². The second-order valence-electron chi connectivity index (χ2n) is 8.73. The van der Waals surface area contributed by atoms with Crippen LogP contribution in [0.25, 0.3) is 21.8 Å². The average Bonchev–Trinajstić information content (AvgIpc) is 3.37. The maximum atomic E-state index is 13.0. The number of thiazole rings is 1. The van der Waals surface area contributed by atoms with Crippen LogP contribution in [0, 0.1) is 5.92 Å². The largest absolute Gasteiger partial charge is 0.457 e. The summed E-state index contributed by atoms with van der Waals surface area (Å²) in [5.41, 5.74) is 2.73. The summed E-state index contributed by atoms with van der Waals surface area (Å²) in [4.78, 5) is 5.12. The Morgan fingerprint density at radius 3 is 2.09 bits per heavy atom. The lowest BCUT2D eigenvalue weighted by molar-refractivity contribution is 0.288. The van der Waals surface area contributed by atoms with Gasteiger partial charge in [0.25, 0.3) is 0 Å². The molecule has 0 N–H and O–H groups in total. The van der Waals surface area contributed by atoms with Gasteiger partial charge in [-0.05, 0) is 79.4 Å². The van der Waals surface area contributed by atoms with Gasteiger partial charge in [-0.25, -0.2) is 13.4 Å². The first kappa shape index (κ1) is 24.2. The molecule has 1 aliphatic rings. The molecule has 0 spiro atoms. The van der Waals surface area contributed by atoms with E-state index in [4.69, 9.17) is 9.72 Å². The molecule has 0 atom stereocenters. The first-order chi connectivity index (χ1) is 16.9. The normalized spacial score (nSPS) is 15.3. The summed E-state index contributed by atoms with van der Waals surface area (Å²) in [5, 5.41) is 2.89. The van der Waals surface area contributed by atoms with Gasteiger partial charge in [0.15, 0.2) is 0 Å². The minimum atomic E-state index is -3.45. The highest BCUT2D eigenvalue weighted by Crippen LogP contribution is 2.32. The molecule has 1 fully saturated rings. The third-order valence-electron chi connectivity index (χ3n) is 6.19. The number of hydrogen-bond acceptors (Lipinski definition) is 5. The summed E-state index contributed by atoms with van der Waals surface area (Å²) < 4.78 is 34.5. The smallest absolute Gasteiger partial charge is 0.243 e. The molecule has 1 aromatic heterocycles. The topological polar surface area (TPSA) is 59.5 Å². The summed E-state index contributed by atoms with van der Waals surface area (Å²) in [6.45, 7) is 3.36. The summed E-state index contributed by atoms with van der Waals surface area (Å²) in [5.74, 6) is 2.11. The van der Waals surface area contributed by atoms with E-state index in [1.54, 1.807) is 27.8 Å². The molecule has 5 rings (SSSR count). The molecule has 5 nitrogen and oxygen atoms in total. The molecule has 0 amide bonds. The van der Waals surface area contributed by atoms with E-state index >= 15 is 0 Å². The van der Waals surface area contributed by atoms with Gasteiger partial charge in [0.1, 0.15) is 16.5 Å². The lowest BCUT2D eigenvalue weighted by Crippen LogP contribution is -2.37. The van der Waals surface area contributed by atoms with E-state index in [0.29, 0.717) is 23.9 Å². The van der Waals surface area contributed by atoms with Crippen molar-refractivity contribution in [1.29, 1.82) is 0 Å². The van der Waals surface area contributed by atoms with Crippen molar-refractivity contribution in [2.24, 2.45) is 5.92 Å². The molecule has 0 aliphatic carbocycles. The number of nitrogens with zero attached hydrogens (tertiary/aromatic N) is 2. The summed E-state index contributed by atoms with van der Waals surface area (Å²) >= 11 is 4.98. The van der Waals surface area contributed by atoms with Crippen LogP contribution in [-0.4, -0.2) is 30.8 Å². The monoisotopic (exact) mass is 568 g/mol. The van der Waals surface area contributed by atoms with E-state index in [1.165, 1.54) is 0 Å². The van der Waals surface area contributed by atoms with Gasteiger partial charge in [-0.2, -0.15) is 4.31 Å². The Morgan fingerprint density at radius 1 is 0.886 bits per heavy atom. The molecule has 1 saturated heterocycles. The first-order valence-corrected chi connectivity index (χ1v) is 14.6. The number of piperidine rings is 1. The number of benzene rings is 3. The van der Waals surface area contributed by atoms with E-state index in [9.17, 15) is 8.42 Å². The number of rotatable bonds is 6. The second-order valence-corrected chi connectivity index (χ2v) is 12.4. The summed E-state index contributed by atoms with van der Waals surface area (Å²) in [6, 6.07) is 22.6. The summed E-state index contributed by atoms with van der Waals surface area (Å²) in [6.07, 6.45) is 1.83. The Labute approximate surface area is 218 Å². The average molecular weight is 570 g/mol. The Morgan fingerprint density at radius 2 is 1.46 bits per heavy atom. The highest BCUT2D eigenvalue weighted by Gasteiger charge is 2.28. The quantitative estimate of drug-likeness (QED) is 0.242. The van der Waals surface area contributed by atoms with Crippen molar-refractivity contribution in [3.63, 3.8) is 0 Å². The number of ether oxygens (including phenoxy) is 1. The molecular weight excluding hydrogens is 544 g/mol. The number of halogens is 1. The van der Waals surface area contributed by atoms with E-state index in [0.717, 1.165) is 50.6 Å². The van der Waals surface area contributed by atoms with Gasteiger partial charge in [0, 0.05) is 34.1 Å². The fourth-order valence-corrected chi connectivity index (χ4v) is 6.58. The molecule has 0 bridgehead atoms. The van der Waals surface area contributed by atoms with Crippen LogP contribution >= 0.6 is 27.3 Å². The summed E-state index contributed by atoms with van der Waals surface area (Å²) in [7, 11) is -3.45. The van der Waals surface area contributed by atoms with Crippen molar-refractivity contribution in [1.82, 2.24) is 9.29 Å². The highest BCUT2D eigenvalue weighted by molar-refractivity contribution is 9.10. The SMILES string of the molecule is CC1CCN(S(=O)(=O)c2ccc(-c3csc(-c4ccc(Oc5ccc(Br)cc5)cc4)n3)cc2)CC1. The molecule has 4 aromatic rings. The van der Waals surface area contributed by atoms with Crippen LogP contribution in [0.15, 0.2) is 87.5 Å². The molecule has 3 aromatic carbocycles. The highest BCUT2D eigenvalue weighted by atomic mass is 79.9. The molecule has 0 unspecified atom stereocenters. The van der Waals surface area contributed by atoms with E-state index < -0.39 is 10.0 Å². The molecule has 180 valence electrons. The van der Waals surface area contributed by atoms with Gasteiger partial charge < -0.3 is 4.74 Å². The molecular formula is C27H25BrN2O3S2. The predicted molar refractivity (Wildman–Crippen MR) is 144 cm³/mol. The number of aromatic nitrogens is 1. The zero-order valence-electron chi connectivity index (χ0n) is 19.2. The lowest BCUT2D eigenvalue weighted by atomic mass is 10.0. The molecule has 35 heavy (non-hydrogen) atoms. The standard InChI is InChI=1S/C27H25BrN2O3S2/c1-19-14-16-30(17-15-19)35(31,32)25-12-4-20(5-13-25)26-18-34-27(29-26)21-2-8-23(9-3-21)33-24-10-6-22(28)7-11-24/h2-13,18-19H,14-17H2,1H3. The van der Waals surface area contributed by atoms with Crippen LogP contribution in [0.2, 0.25) is 0 Å². The van der Waals surface area contributed by atoms with Gasteiger partial charge in [-0.1, -0.05) is 35.0 Å². The maximum absolute atomic E-state index is 13.0. The molecule has 1 aliphatic heterocycles. The van der Waals surface area contributed by atoms with Gasteiger partial charge in [-0.15, -0.1) is 11.3 Å². The van der Waals surface area contributed by atoms with Crippen LogP contribution in [0.1, 0.15) is 19.8 Å². The van der Waals surface area contributed by atoms with Crippen molar-refractivity contribution >= 4 is 37.3 Å². The zero-order chi connectivity index (χ0) is 24.4. The lowest BCUT2D eigenvalue weighted by Gasteiger charge is -2.29. The Bertz CT molecular complexity index is 1390. The Balaban J connectivity index is 1.28. The fraction of sp³-hybridized carbons (Fsp3) is 0.222. The van der Waals surface area contributed by atoms with Crippen LogP contribution in [0.3, 0.4) is 0 Å². The van der Waals surface area contributed by atoms with Crippen molar-refractivity contribution in [2.75, 3.05) is 13.1 Å². The van der Waals surface area contributed by atoms with Crippen LogP contribution in [-0.2, 0) is 10.0 Å². The number of sulfonamides is 1. The van der Waals surface area contributed by atoms with Crippen LogP contribution in [0.5, 0.6) is 11.5 Å². The molecule has 0 radical (unpaired) electrons. The van der Waals surface area contributed by atoms with Crippen molar-refractivity contribution in [3.8, 4) is 33.3 Å². The van der Waals surface area contributed by atoms with Crippen molar-refractivity contribution in [2.45, 2.75) is 24.7 Å². The van der Waals surface area contributed by atoms with Gasteiger partial charge in [0.2, 0.25) is 10.0 Å². The minimum absolute atomic E-state index is 0.340. The Kier molecular flexibility index (Phi) is 7.07. The molecule has 2 heterocycles. The van der Waals surface area contributed by atoms with Crippen LogP contribution < -0.4 is 4.74 Å². The van der Waals surface area contributed by atoms with Gasteiger partial charge in [-0.3, -0.25) is 0 Å². The Hall–Kier alpha value is -2.52. The fourth-order valence-electron chi connectivity index (χ4n) is 4.02. The third kappa shape index (κ3) is 5.51. The van der Waals surface area contributed by atoms with Crippen LogP contribution in [0.4, 0.5) is 0 Å². The maximum Gasteiger partial charge on any atom is 0.243 e. The van der Waals surface area contributed by atoms with Gasteiger partial charge >= 0.3 is 0 Å². The van der Waals surface area contributed by atoms with Crippen molar-refractivity contribution in [3.05, 3.63) is 82.6 Å². The van der Waals surface area contributed by atoms with E-state index in [1.807, 2.05) is 66.0 Å². The van der Waals surface area contributed by atoms with Gasteiger partial charge in [0.05, 0.1) is 10.6 Å². The number of hydrogen-bond donors (Lipinski definition) is 0. The third-order valence-corrected chi connectivity index (χ3v) is 9.52. The van der Waals surface area contributed by atoms with Crippen molar-refractivity contribution < 1.29 is 13.2 Å². The van der Waals surface area contributed by atoms with E-state index in [-0.39, 0.29) is 0 Å². The molecule has 0 saturated carbocycles. The predicted octanol–water partition coefficient (Wildman–Crippen LogP) is 7.45. The second kappa shape index (κ2) is 10.2. The molecule has 8 heteroatoms. The first-order valence-electron chi connectivity index (χ1n) is 11.5. The minimum Gasteiger partial charge on any atom is -0.457 e. The zero-order valence-corrected chi connectivity index (χ0v) is 22.4.